The minimum Gasteiger partial charge on any atom is -0.481 e. The maximum atomic E-state index is 12.4. The van der Waals surface area contributed by atoms with Crippen molar-refractivity contribution in [1.82, 2.24) is 15.5 Å². The van der Waals surface area contributed by atoms with E-state index in [-0.39, 0.29) is 18.2 Å². The number of hydrogen-bond donors (Lipinski definition) is 4. The van der Waals surface area contributed by atoms with Crippen molar-refractivity contribution in [2.24, 2.45) is 0 Å². The fourth-order valence-corrected chi connectivity index (χ4v) is 4.11. The number of carbonyl (C=O) groups excluding carboxylic acids is 4. The maximum absolute atomic E-state index is 12.4. The zero-order valence-electron chi connectivity index (χ0n) is 22.1. The van der Waals surface area contributed by atoms with E-state index < -0.39 is 17.9 Å². The molecule has 4 amide bonds. The number of carboxylic acids is 1. The molecule has 0 aliphatic carbocycles. The molecule has 1 unspecified atom stereocenters. The van der Waals surface area contributed by atoms with Crippen molar-refractivity contribution < 1.29 is 29.1 Å². The summed E-state index contributed by atoms with van der Waals surface area (Å²) in [4.78, 5) is 57.0. The Morgan fingerprint density at radius 1 is 1.19 bits per heavy atom. The highest BCUT2D eigenvalue weighted by Crippen LogP contribution is 2.29. The summed E-state index contributed by atoms with van der Waals surface area (Å²) >= 11 is 5.22. The Labute approximate surface area is 240 Å². The number of hydrogen-bond acceptors (Lipinski definition) is 6. The average Bonchev–Trinajstić information content (AvgIpc) is 3.22. The SMILES string of the molecule is CC.CC(=O)NCCCCCCC(=O)O.CCCC(C(=O)NC=O)N1Cc2c(I)cccc2C1=O.[B]S. The number of unbranched alkanes of at least 4 members (excludes halogenated alkanes) is 3. The second-order valence-corrected chi connectivity index (χ2v) is 8.83. The highest BCUT2D eigenvalue weighted by atomic mass is 127. The quantitative estimate of drug-likeness (QED) is 0.0896. The molecule has 1 heterocycles. The van der Waals surface area contributed by atoms with Crippen LogP contribution in [0.3, 0.4) is 0 Å². The number of imide groups is 1. The standard InChI is InChI=1S/C14H15IN2O3.C9H17NO3.C2H6.BHS/c1-2-4-12(13(19)16-8-18)17-7-10-9(14(17)20)5-3-6-11(10)15;1-8(11)10-7-5-3-2-4-6-9(12)13;2*1-2/h3,5-6,8,12H,2,4,7H2,1H3,(H,16,18,19);2-7H2,1H3,(H,10,11)(H,12,13);1-2H3;2H. The minimum absolute atomic E-state index is 0.00876. The molecular weight excluding hydrogens is 608 g/mol. The van der Waals surface area contributed by atoms with Crippen molar-refractivity contribution in [3.05, 3.63) is 32.9 Å². The van der Waals surface area contributed by atoms with Gasteiger partial charge in [0, 0.05) is 35.6 Å². The summed E-state index contributed by atoms with van der Waals surface area (Å²) in [5.74, 6) is -1.30. The van der Waals surface area contributed by atoms with Gasteiger partial charge in [0.05, 0.1) is 0 Å². The number of aliphatic carboxylic acids is 1. The van der Waals surface area contributed by atoms with E-state index in [4.69, 9.17) is 5.11 Å². The van der Waals surface area contributed by atoms with Crippen LogP contribution in [0.1, 0.15) is 88.6 Å². The van der Waals surface area contributed by atoms with Gasteiger partial charge in [-0.05, 0) is 59.5 Å². The molecule has 0 saturated heterocycles. The van der Waals surface area contributed by atoms with E-state index in [9.17, 15) is 24.0 Å². The van der Waals surface area contributed by atoms with Crippen LogP contribution in [-0.2, 0) is 25.7 Å². The van der Waals surface area contributed by atoms with Crippen LogP contribution in [0, 0.1) is 3.57 Å². The molecule has 0 fully saturated rings. The van der Waals surface area contributed by atoms with Gasteiger partial charge in [-0.1, -0.05) is 46.1 Å². The molecule has 2 rings (SSSR count). The summed E-state index contributed by atoms with van der Waals surface area (Å²) in [6.45, 7) is 8.55. The number of carbonyl (C=O) groups is 5. The van der Waals surface area contributed by atoms with Crippen molar-refractivity contribution in [3.63, 3.8) is 0 Å². The van der Waals surface area contributed by atoms with Gasteiger partial charge in [0.2, 0.25) is 18.2 Å². The Kier molecular flexibility index (Phi) is 23.1. The number of nitrogens with zero attached hydrogens (tertiary/aromatic N) is 1. The summed E-state index contributed by atoms with van der Waals surface area (Å²) in [6.07, 6.45) is 5.47. The van der Waals surface area contributed by atoms with Crippen LogP contribution in [0.25, 0.3) is 0 Å². The van der Waals surface area contributed by atoms with Crippen molar-refractivity contribution in [3.8, 4) is 0 Å². The monoisotopic (exact) mass is 647 g/mol. The van der Waals surface area contributed by atoms with E-state index >= 15 is 0 Å². The second-order valence-electron chi connectivity index (χ2n) is 7.67. The molecule has 206 valence electrons. The van der Waals surface area contributed by atoms with E-state index in [1.54, 1.807) is 11.0 Å². The smallest absolute Gasteiger partial charge is 0.303 e. The first-order chi connectivity index (χ1) is 17.7. The van der Waals surface area contributed by atoms with Gasteiger partial charge in [0.1, 0.15) is 6.04 Å². The summed E-state index contributed by atoms with van der Waals surface area (Å²) < 4.78 is 1.02. The van der Waals surface area contributed by atoms with Crippen LogP contribution in [-0.4, -0.2) is 59.8 Å². The van der Waals surface area contributed by atoms with Crippen molar-refractivity contribution in [1.29, 1.82) is 0 Å². The topological polar surface area (TPSA) is 133 Å². The molecule has 1 aromatic rings. The zero-order valence-corrected chi connectivity index (χ0v) is 25.1. The van der Waals surface area contributed by atoms with E-state index in [2.05, 4.69) is 52.8 Å². The number of halogens is 1. The summed E-state index contributed by atoms with van der Waals surface area (Å²) in [5, 5.41) is 13.2. The average molecular weight is 647 g/mol. The maximum Gasteiger partial charge on any atom is 0.303 e. The highest BCUT2D eigenvalue weighted by molar-refractivity contribution is 14.1. The predicted octanol–water partition coefficient (Wildman–Crippen LogP) is 3.87. The second kappa shape index (κ2) is 23.1. The van der Waals surface area contributed by atoms with E-state index in [0.717, 1.165) is 41.2 Å². The number of rotatable bonds is 12. The van der Waals surface area contributed by atoms with Gasteiger partial charge < -0.3 is 15.3 Å². The van der Waals surface area contributed by atoms with Crippen LogP contribution in [0.2, 0.25) is 0 Å². The zero-order chi connectivity index (χ0) is 28.8. The van der Waals surface area contributed by atoms with Gasteiger partial charge in [0.15, 0.2) is 7.12 Å². The summed E-state index contributed by atoms with van der Waals surface area (Å²) in [7, 11) is 4.19. The van der Waals surface area contributed by atoms with Gasteiger partial charge in [0.25, 0.3) is 5.91 Å². The van der Waals surface area contributed by atoms with Crippen LogP contribution >= 0.6 is 35.1 Å². The fourth-order valence-electron chi connectivity index (χ4n) is 3.44. The molecule has 0 bridgehead atoms. The first kappa shape index (κ1) is 37.1. The third-order valence-corrected chi connectivity index (χ3v) is 6.08. The summed E-state index contributed by atoms with van der Waals surface area (Å²) in [5.41, 5.74) is 1.61. The van der Waals surface area contributed by atoms with Crippen LogP contribution < -0.4 is 10.6 Å². The van der Waals surface area contributed by atoms with Crippen LogP contribution in [0.5, 0.6) is 0 Å². The Bertz CT molecular complexity index is 842. The molecule has 0 aromatic heterocycles. The van der Waals surface area contributed by atoms with Gasteiger partial charge in [-0.3, -0.25) is 29.3 Å². The largest absolute Gasteiger partial charge is 0.481 e. The number of fused-ring (bicyclic) bond motifs is 1. The number of nitrogens with one attached hydrogen (secondary N) is 2. The van der Waals surface area contributed by atoms with Gasteiger partial charge in [-0.25, -0.2) is 12.5 Å². The molecule has 0 spiro atoms. The third-order valence-electron chi connectivity index (χ3n) is 5.07. The lowest BCUT2D eigenvalue weighted by molar-refractivity contribution is -0.137. The first-order valence-corrected chi connectivity index (χ1v) is 13.9. The minimum atomic E-state index is -0.734. The van der Waals surface area contributed by atoms with Crippen molar-refractivity contribution in [2.45, 2.75) is 85.2 Å². The predicted molar refractivity (Wildman–Crippen MR) is 157 cm³/mol. The van der Waals surface area contributed by atoms with Crippen LogP contribution in [0.15, 0.2) is 18.2 Å². The Balaban J connectivity index is 0. The molecule has 1 aliphatic rings. The number of benzene rings is 1. The number of amides is 4. The third kappa shape index (κ3) is 15.0. The molecular formula is C25H39BIN3O6S. The summed E-state index contributed by atoms with van der Waals surface area (Å²) in [6, 6.07) is 4.96. The van der Waals surface area contributed by atoms with Gasteiger partial charge in [-0.15, -0.1) is 0 Å². The Hall–Kier alpha value is -2.09. The molecule has 3 N–H and O–H groups in total. The van der Waals surface area contributed by atoms with E-state index in [1.807, 2.05) is 32.9 Å². The number of thiol groups is 1. The molecule has 1 aliphatic heterocycles. The first-order valence-electron chi connectivity index (χ1n) is 12.3. The normalized spacial score (nSPS) is 11.7. The highest BCUT2D eigenvalue weighted by Gasteiger charge is 2.36. The van der Waals surface area contributed by atoms with Crippen molar-refractivity contribution >= 4 is 72.3 Å². The fraction of sp³-hybridized carbons (Fsp3) is 0.560. The Morgan fingerprint density at radius 2 is 1.81 bits per heavy atom. The lowest BCUT2D eigenvalue weighted by Gasteiger charge is -2.25. The van der Waals surface area contributed by atoms with Gasteiger partial charge >= 0.3 is 5.97 Å². The molecule has 2 radical (unpaired) electrons. The molecule has 12 heteroatoms. The lowest BCUT2D eigenvalue weighted by atomic mass is 10.1. The van der Waals surface area contributed by atoms with Crippen molar-refractivity contribution in [2.75, 3.05) is 6.54 Å². The molecule has 37 heavy (non-hydrogen) atoms. The lowest BCUT2D eigenvalue weighted by Crippen LogP contribution is -2.46. The van der Waals surface area contributed by atoms with E-state index in [0.29, 0.717) is 31.5 Å². The molecule has 1 atom stereocenters. The molecule has 9 nitrogen and oxygen atoms in total. The van der Waals surface area contributed by atoms with E-state index in [1.165, 1.54) is 6.92 Å². The van der Waals surface area contributed by atoms with Gasteiger partial charge in [-0.2, -0.15) is 0 Å². The molecule has 0 saturated carbocycles. The Morgan fingerprint density at radius 3 is 2.32 bits per heavy atom. The van der Waals surface area contributed by atoms with Crippen LogP contribution in [0.4, 0.5) is 0 Å². The number of carboxylic acid groups (broad SMARTS) is 1. The molecule has 1 aromatic carbocycles.